The highest BCUT2D eigenvalue weighted by Crippen LogP contribution is 2.36. The molecule has 10 nitrogen and oxygen atoms in total. The number of amides is 3. The van der Waals surface area contributed by atoms with E-state index in [4.69, 9.17) is 4.74 Å². The highest BCUT2D eigenvalue weighted by molar-refractivity contribution is 6.09. The summed E-state index contributed by atoms with van der Waals surface area (Å²) in [6, 6.07) is 11.0. The Morgan fingerprint density at radius 3 is 2.00 bits per heavy atom. The van der Waals surface area contributed by atoms with Crippen LogP contribution in [0, 0.1) is 22.0 Å². The van der Waals surface area contributed by atoms with Crippen molar-refractivity contribution < 1.29 is 28.8 Å². The van der Waals surface area contributed by atoms with Crippen molar-refractivity contribution in [3.63, 3.8) is 0 Å². The third-order valence-electron chi connectivity index (χ3n) is 5.99. The van der Waals surface area contributed by atoms with E-state index >= 15 is 0 Å². The van der Waals surface area contributed by atoms with Gasteiger partial charge in [-0.05, 0) is 49.2 Å². The highest BCUT2D eigenvalue weighted by Gasteiger charge is 2.51. The van der Waals surface area contributed by atoms with Crippen LogP contribution in [-0.4, -0.2) is 52.1 Å². The fourth-order valence-corrected chi connectivity index (χ4v) is 4.13. The summed E-state index contributed by atoms with van der Waals surface area (Å²) in [5, 5.41) is 12.6. The molecule has 1 saturated heterocycles. The van der Waals surface area contributed by atoms with E-state index in [1.54, 1.807) is 12.1 Å². The molecule has 0 radical (unpaired) electrons. The molecule has 0 bridgehead atoms. The molecule has 2 atom stereocenters. The number of ketones is 1. The predicted octanol–water partition coefficient (Wildman–Crippen LogP) is 2.79. The first-order chi connectivity index (χ1) is 16.3. The Kier molecular flexibility index (Phi) is 6.22. The van der Waals surface area contributed by atoms with Crippen molar-refractivity contribution >= 4 is 29.2 Å². The lowest BCUT2D eigenvalue weighted by atomic mass is 9.85. The second-order valence-electron chi connectivity index (χ2n) is 7.96. The van der Waals surface area contributed by atoms with E-state index in [0.717, 1.165) is 22.2 Å². The van der Waals surface area contributed by atoms with Gasteiger partial charge in [0.1, 0.15) is 12.3 Å². The van der Waals surface area contributed by atoms with Crippen molar-refractivity contribution in [1.82, 2.24) is 10.0 Å². The molecule has 10 heteroatoms. The van der Waals surface area contributed by atoms with E-state index in [1.807, 2.05) is 12.2 Å². The highest BCUT2D eigenvalue weighted by atomic mass is 16.6. The molecule has 4 rings (SSSR count). The summed E-state index contributed by atoms with van der Waals surface area (Å²) in [4.78, 5) is 63.0. The van der Waals surface area contributed by atoms with Crippen LogP contribution in [-0.2, 0) is 9.59 Å². The van der Waals surface area contributed by atoms with Gasteiger partial charge in [0.05, 0.1) is 23.9 Å². The molecule has 1 heterocycles. The molecule has 2 aliphatic rings. The molecule has 174 valence electrons. The standard InChI is InChI=1S/C24H21N3O7/c1-34-18-12-8-15(9-13-18)21(28)14-25(22(29)16-6-10-17(11-7-16)27(32)33)26-23(30)19-4-2-3-5-20(19)24(26)31/h2-3,6-13,19-20H,4-5,14H2,1H3/t19-,20-/m1/s1. The SMILES string of the molecule is COc1ccc(C(=O)CN(C(=O)c2ccc([N+](=O)[O-])cc2)N2C(=O)[C@@H]3CC=CC[C@H]3C2=O)cc1. The number of Topliss-reactive ketones (excluding diaryl/α,β-unsaturated/α-hetero) is 1. The number of rotatable bonds is 7. The van der Waals surface area contributed by atoms with Gasteiger partial charge in [-0.25, -0.2) is 5.01 Å². The Labute approximate surface area is 194 Å². The Morgan fingerprint density at radius 2 is 1.50 bits per heavy atom. The number of methoxy groups -OCH3 is 1. The number of nitro groups is 1. The van der Waals surface area contributed by atoms with E-state index in [1.165, 1.54) is 31.4 Å². The largest absolute Gasteiger partial charge is 0.497 e. The smallest absolute Gasteiger partial charge is 0.273 e. The molecule has 1 fully saturated rings. The lowest BCUT2D eigenvalue weighted by Crippen LogP contribution is -2.52. The van der Waals surface area contributed by atoms with Crippen LogP contribution < -0.4 is 4.74 Å². The van der Waals surface area contributed by atoms with Crippen molar-refractivity contribution in [2.75, 3.05) is 13.7 Å². The maximum Gasteiger partial charge on any atom is 0.273 e. The predicted molar refractivity (Wildman–Crippen MR) is 119 cm³/mol. The van der Waals surface area contributed by atoms with Crippen LogP contribution >= 0.6 is 0 Å². The third-order valence-corrected chi connectivity index (χ3v) is 5.99. The fourth-order valence-electron chi connectivity index (χ4n) is 4.13. The number of hydrazine groups is 1. The quantitative estimate of drug-likeness (QED) is 0.203. The summed E-state index contributed by atoms with van der Waals surface area (Å²) in [6.07, 6.45) is 4.39. The number of carbonyl (C=O) groups excluding carboxylic acids is 4. The summed E-state index contributed by atoms with van der Waals surface area (Å²) >= 11 is 0. The number of fused-ring (bicyclic) bond motifs is 1. The maximum atomic E-state index is 13.4. The topological polar surface area (TPSA) is 127 Å². The van der Waals surface area contributed by atoms with Gasteiger partial charge in [-0.15, -0.1) is 0 Å². The van der Waals surface area contributed by atoms with Gasteiger partial charge in [0.25, 0.3) is 23.4 Å². The number of nitro benzene ring substituents is 1. The molecular weight excluding hydrogens is 442 g/mol. The van der Waals surface area contributed by atoms with Gasteiger partial charge in [0, 0.05) is 23.3 Å². The zero-order valence-electron chi connectivity index (χ0n) is 18.2. The van der Waals surface area contributed by atoms with E-state index < -0.39 is 46.8 Å². The van der Waals surface area contributed by atoms with Gasteiger partial charge in [-0.3, -0.25) is 29.3 Å². The molecule has 0 N–H and O–H groups in total. The lowest BCUT2D eigenvalue weighted by Gasteiger charge is -2.30. The summed E-state index contributed by atoms with van der Waals surface area (Å²) in [5.74, 6) is -3.02. The van der Waals surface area contributed by atoms with Gasteiger partial charge in [0.2, 0.25) is 0 Å². The second-order valence-corrected chi connectivity index (χ2v) is 7.96. The Bertz CT molecular complexity index is 1160. The zero-order chi connectivity index (χ0) is 24.4. The van der Waals surface area contributed by atoms with Crippen LogP contribution in [0.1, 0.15) is 33.6 Å². The van der Waals surface area contributed by atoms with Gasteiger partial charge >= 0.3 is 0 Å². The van der Waals surface area contributed by atoms with E-state index in [-0.39, 0.29) is 16.8 Å². The van der Waals surface area contributed by atoms with Gasteiger partial charge in [0.15, 0.2) is 5.78 Å². The maximum absolute atomic E-state index is 13.4. The molecule has 1 aliphatic carbocycles. The molecule has 2 aromatic carbocycles. The minimum Gasteiger partial charge on any atom is -0.497 e. The Balaban J connectivity index is 1.67. The molecule has 1 aliphatic heterocycles. The fraction of sp³-hybridized carbons (Fsp3) is 0.250. The summed E-state index contributed by atoms with van der Waals surface area (Å²) in [6.45, 7) is -0.563. The molecule has 34 heavy (non-hydrogen) atoms. The number of benzene rings is 2. The number of imide groups is 1. The normalized spacial score (nSPS) is 19.0. The first-order valence-corrected chi connectivity index (χ1v) is 10.6. The monoisotopic (exact) mass is 463 g/mol. The molecular formula is C24H21N3O7. The Morgan fingerprint density at radius 1 is 0.971 bits per heavy atom. The minimum absolute atomic E-state index is 0.00160. The van der Waals surface area contributed by atoms with E-state index in [0.29, 0.717) is 18.6 Å². The first kappa shape index (κ1) is 22.8. The molecule has 0 aromatic heterocycles. The van der Waals surface area contributed by atoms with Crippen molar-refractivity contribution in [2.24, 2.45) is 11.8 Å². The van der Waals surface area contributed by atoms with Crippen molar-refractivity contribution in [3.8, 4) is 5.75 Å². The van der Waals surface area contributed by atoms with E-state index in [2.05, 4.69) is 0 Å². The van der Waals surface area contributed by atoms with Gasteiger partial charge in [-0.1, -0.05) is 12.2 Å². The average molecular weight is 463 g/mol. The van der Waals surface area contributed by atoms with Crippen molar-refractivity contribution in [1.29, 1.82) is 0 Å². The summed E-state index contributed by atoms with van der Waals surface area (Å²) < 4.78 is 5.09. The minimum atomic E-state index is -0.787. The van der Waals surface area contributed by atoms with Crippen molar-refractivity contribution in [2.45, 2.75) is 12.8 Å². The van der Waals surface area contributed by atoms with Gasteiger partial charge < -0.3 is 4.74 Å². The molecule has 2 aromatic rings. The number of carbonyl (C=O) groups is 4. The lowest BCUT2D eigenvalue weighted by molar-refractivity contribution is -0.384. The molecule has 0 unspecified atom stereocenters. The number of nitrogens with zero attached hydrogens (tertiary/aromatic N) is 3. The van der Waals surface area contributed by atoms with Crippen LogP contribution in [0.2, 0.25) is 0 Å². The third kappa shape index (κ3) is 4.17. The average Bonchev–Trinajstić information content (AvgIpc) is 3.12. The number of hydrogen-bond acceptors (Lipinski definition) is 7. The summed E-state index contributed by atoms with van der Waals surface area (Å²) in [5.41, 5.74) is 0.0463. The molecule has 3 amide bonds. The zero-order valence-corrected chi connectivity index (χ0v) is 18.2. The summed E-state index contributed by atoms with van der Waals surface area (Å²) in [7, 11) is 1.49. The van der Waals surface area contributed by atoms with Crippen LogP contribution in [0.25, 0.3) is 0 Å². The van der Waals surface area contributed by atoms with Crippen LogP contribution in [0.3, 0.4) is 0 Å². The number of ether oxygens (including phenoxy) is 1. The Hall–Kier alpha value is -4.34. The molecule has 0 spiro atoms. The molecule has 0 saturated carbocycles. The number of allylic oxidation sites excluding steroid dienone is 2. The van der Waals surface area contributed by atoms with Crippen LogP contribution in [0.5, 0.6) is 5.75 Å². The van der Waals surface area contributed by atoms with Gasteiger partial charge in [-0.2, -0.15) is 5.01 Å². The van der Waals surface area contributed by atoms with Crippen LogP contribution in [0.4, 0.5) is 5.69 Å². The second kappa shape index (κ2) is 9.26. The number of non-ortho nitro benzene ring substituents is 1. The first-order valence-electron chi connectivity index (χ1n) is 10.6. The van der Waals surface area contributed by atoms with Crippen LogP contribution in [0.15, 0.2) is 60.7 Å². The number of hydrogen-bond donors (Lipinski definition) is 0. The van der Waals surface area contributed by atoms with E-state index in [9.17, 15) is 29.3 Å². The van der Waals surface area contributed by atoms with Crippen molar-refractivity contribution in [3.05, 3.63) is 81.9 Å².